The van der Waals surface area contributed by atoms with Crippen LogP contribution in [0.4, 0.5) is 4.39 Å². The number of benzene rings is 2. The fourth-order valence-electron chi connectivity index (χ4n) is 3.18. The number of thioether (sulfide) groups is 1. The topological polar surface area (TPSA) is 46.6 Å². The second-order valence-corrected chi connectivity index (χ2v) is 9.42. The Morgan fingerprint density at radius 2 is 1.96 bits per heavy atom. The second kappa shape index (κ2) is 7.98. The van der Waals surface area contributed by atoms with Crippen LogP contribution in [0.25, 0.3) is 0 Å². The van der Waals surface area contributed by atoms with Crippen LogP contribution in [0.3, 0.4) is 0 Å². The highest BCUT2D eigenvalue weighted by molar-refractivity contribution is 7.99. The van der Waals surface area contributed by atoms with Crippen LogP contribution in [0.15, 0.2) is 47.4 Å². The summed E-state index contributed by atoms with van der Waals surface area (Å²) < 4.78 is 46.3. The number of nitrogens with zero attached hydrogens (tertiary/aromatic N) is 1. The van der Waals surface area contributed by atoms with E-state index in [1.54, 1.807) is 11.8 Å². The molecule has 3 rings (SSSR count). The summed E-state index contributed by atoms with van der Waals surface area (Å²) in [5.41, 5.74) is 2.47. The van der Waals surface area contributed by atoms with Gasteiger partial charge in [0.25, 0.3) is 0 Å². The highest BCUT2D eigenvalue weighted by Gasteiger charge is 2.31. The van der Waals surface area contributed by atoms with E-state index < -0.39 is 15.8 Å². The van der Waals surface area contributed by atoms with Gasteiger partial charge in [-0.25, -0.2) is 12.8 Å². The van der Waals surface area contributed by atoms with Crippen molar-refractivity contribution in [3.63, 3.8) is 0 Å². The van der Waals surface area contributed by atoms with Crippen LogP contribution in [-0.4, -0.2) is 38.7 Å². The van der Waals surface area contributed by atoms with E-state index in [0.29, 0.717) is 25.3 Å². The number of aryl methyl sites for hydroxylation is 1. The van der Waals surface area contributed by atoms with Gasteiger partial charge in [-0.05, 0) is 42.7 Å². The zero-order chi connectivity index (χ0) is 18.7. The monoisotopic (exact) mass is 395 g/mol. The van der Waals surface area contributed by atoms with Crippen LogP contribution in [0.1, 0.15) is 22.8 Å². The number of halogens is 1. The third-order valence-corrected chi connectivity index (χ3v) is 7.81. The Bertz CT molecular complexity index is 886. The lowest BCUT2D eigenvalue weighted by Gasteiger charge is -2.21. The molecule has 0 aliphatic carbocycles. The van der Waals surface area contributed by atoms with Crippen molar-refractivity contribution in [1.29, 1.82) is 0 Å². The molecular formula is C19H22FNO3S2. The second-order valence-electron chi connectivity index (χ2n) is 6.20. The molecule has 26 heavy (non-hydrogen) atoms. The standard InChI is InChI=1S/C19H22FNO3S2/c1-14-5-3-4-6-16(14)18-9-10-21(11-12-25-18)26(22,23)19-13-15(20)7-8-17(19)24-2/h3-8,13,18H,9-12H2,1-2H3. The molecule has 1 heterocycles. The van der Waals surface area contributed by atoms with Gasteiger partial charge in [-0.2, -0.15) is 16.1 Å². The Morgan fingerprint density at radius 3 is 2.69 bits per heavy atom. The van der Waals surface area contributed by atoms with Crippen molar-refractivity contribution in [2.45, 2.75) is 23.5 Å². The van der Waals surface area contributed by atoms with Gasteiger partial charge in [-0.1, -0.05) is 24.3 Å². The Morgan fingerprint density at radius 1 is 1.19 bits per heavy atom. The summed E-state index contributed by atoms with van der Waals surface area (Å²) in [6.45, 7) is 2.87. The Hall–Kier alpha value is -1.57. The third-order valence-electron chi connectivity index (χ3n) is 4.58. The molecule has 1 aliphatic rings. The minimum absolute atomic E-state index is 0.112. The van der Waals surface area contributed by atoms with Crippen LogP contribution < -0.4 is 4.74 Å². The number of rotatable bonds is 4. The maximum Gasteiger partial charge on any atom is 0.246 e. The molecule has 1 fully saturated rings. The minimum Gasteiger partial charge on any atom is -0.495 e. The third kappa shape index (κ3) is 3.89. The molecule has 7 heteroatoms. The number of hydrogen-bond donors (Lipinski definition) is 0. The SMILES string of the molecule is COc1ccc(F)cc1S(=O)(=O)N1CCSC(c2ccccc2C)CC1. The van der Waals surface area contributed by atoms with Crippen molar-refractivity contribution in [2.24, 2.45) is 0 Å². The van der Waals surface area contributed by atoms with Gasteiger partial charge in [0.2, 0.25) is 10.0 Å². The van der Waals surface area contributed by atoms with E-state index in [2.05, 4.69) is 19.1 Å². The average Bonchev–Trinajstić information content (AvgIpc) is 2.88. The van der Waals surface area contributed by atoms with Crippen molar-refractivity contribution < 1.29 is 17.5 Å². The Labute approximate surface area is 158 Å². The Kier molecular flexibility index (Phi) is 5.89. The smallest absolute Gasteiger partial charge is 0.246 e. The van der Waals surface area contributed by atoms with Gasteiger partial charge in [0.15, 0.2) is 0 Å². The highest BCUT2D eigenvalue weighted by atomic mass is 32.2. The molecule has 0 bridgehead atoms. The lowest BCUT2D eigenvalue weighted by molar-refractivity contribution is 0.391. The summed E-state index contributed by atoms with van der Waals surface area (Å²) in [7, 11) is -2.42. The number of ether oxygens (including phenoxy) is 1. The van der Waals surface area contributed by atoms with E-state index in [0.717, 1.165) is 6.07 Å². The van der Waals surface area contributed by atoms with Crippen LogP contribution in [0, 0.1) is 12.7 Å². The van der Waals surface area contributed by atoms with Gasteiger partial charge in [0.1, 0.15) is 16.5 Å². The van der Waals surface area contributed by atoms with Crippen LogP contribution in [-0.2, 0) is 10.0 Å². The van der Waals surface area contributed by atoms with Gasteiger partial charge in [-0.3, -0.25) is 0 Å². The predicted octanol–water partition coefficient (Wildman–Crippen LogP) is 4.01. The predicted molar refractivity (Wildman–Crippen MR) is 103 cm³/mol. The van der Waals surface area contributed by atoms with Crippen molar-refractivity contribution in [3.8, 4) is 5.75 Å². The van der Waals surface area contributed by atoms with Gasteiger partial charge in [0.05, 0.1) is 7.11 Å². The van der Waals surface area contributed by atoms with E-state index in [4.69, 9.17) is 4.74 Å². The van der Waals surface area contributed by atoms with E-state index in [1.165, 1.54) is 34.7 Å². The highest BCUT2D eigenvalue weighted by Crippen LogP contribution is 2.37. The van der Waals surface area contributed by atoms with E-state index in [-0.39, 0.29) is 15.9 Å². The van der Waals surface area contributed by atoms with Crippen LogP contribution in [0.5, 0.6) is 5.75 Å². The summed E-state index contributed by atoms with van der Waals surface area (Å²) >= 11 is 1.77. The molecule has 0 amide bonds. The summed E-state index contributed by atoms with van der Waals surface area (Å²) in [4.78, 5) is -0.112. The lowest BCUT2D eigenvalue weighted by Crippen LogP contribution is -2.33. The fraction of sp³-hybridized carbons (Fsp3) is 0.368. The molecule has 0 spiro atoms. The maximum absolute atomic E-state index is 13.6. The Balaban J connectivity index is 1.85. The fourth-order valence-corrected chi connectivity index (χ4v) is 6.24. The van der Waals surface area contributed by atoms with Crippen molar-refractivity contribution >= 4 is 21.8 Å². The molecule has 2 aromatic carbocycles. The summed E-state index contributed by atoms with van der Waals surface area (Å²) in [6, 6.07) is 11.8. The molecule has 0 aromatic heterocycles. The van der Waals surface area contributed by atoms with Crippen molar-refractivity contribution in [1.82, 2.24) is 4.31 Å². The lowest BCUT2D eigenvalue weighted by atomic mass is 10.0. The molecule has 0 N–H and O–H groups in total. The normalized spacial score (nSPS) is 19.1. The molecule has 1 atom stereocenters. The van der Waals surface area contributed by atoms with Gasteiger partial charge in [-0.15, -0.1) is 0 Å². The minimum atomic E-state index is -3.81. The first-order valence-corrected chi connectivity index (χ1v) is 10.9. The van der Waals surface area contributed by atoms with Gasteiger partial charge >= 0.3 is 0 Å². The van der Waals surface area contributed by atoms with Crippen molar-refractivity contribution in [2.75, 3.05) is 26.0 Å². The first kappa shape index (κ1) is 19.2. The van der Waals surface area contributed by atoms with Crippen LogP contribution >= 0.6 is 11.8 Å². The molecule has 4 nitrogen and oxygen atoms in total. The average molecular weight is 396 g/mol. The molecule has 0 saturated carbocycles. The zero-order valence-corrected chi connectivity index (χ0v) is 16.4. The van der Waals surface area contributed by atoms with Crippen molar-refractivity contribution in [3.05, 3.63) is 59.4 Å². The van der Waals surface area contributed by atoms with Gasteiger partial charge < -0.3 is 4.74 Å². The molecular weight excluding hydrogens is 373 g/mol. The molecule has 140 valence electrons. The number of methoxy groups -OCH3 is 1. The number of sulfonamides is 1. The first-order valence-electron chi connectivity index (χ1n) is 8.44. The molecule has 1 aliphatic heterocycles. The van der Waals surface area contributed by atoms with E-state index >= 15 is 0 Å². The van der Waals surface area contributed by atoms with E-state index in [1.807, 2.05) is 12.1 Å². The molecule has 2 aromatic rings. The first-order chi connectivity index (χ1) is 12.4. The van der Waals surface area contributed by atoms with Crippen LogP contribution in [0.2, 0.25) is 0 Å². The van der Waals surface area contributed by atoms with E-state index in [9.17, 15) is 12.8 Å². The molecule has 1 unspecified atom stereocenters. The zero-order valence-electron chi connectivity index (χ0n) is 14.8. The maximum atomic E-state index is 13.6. The molecule has 0 radical (unpaired) electrons. The summed E-state index contributed by atoms with van der Waals surface area (Å²) in [5.74, 6) is 0.265. The molecule has 1 saturated heterocycles. The quantitative estimate of drug-likeness (QED) is 0.785. The summed E-state index contributed by atoms with van der Waals surface area (Å²) in [5, 5.41) is 0.255. The number of hydrogen-bond acceptors (Lipinski definition) is 4. The van der Waals surface area contributed by atoms with Gasteiger partial charge in [0, 0.05) is 24.1 Å². The largest absolute Gasteiger partial charge is 0.495 e. The summed E-state index contributed by atoms with van der Waals surface area (Å²) in [6.07, 6.45) is 0.715.